The van der Waals surface area contributed by atoms with Crippen molar-refractivity contribution in [2.75, 3.05) is 25.6 Å². The summed E-state index contributed by atoms with van der Waals surface area (Å²) in [6.07, 6.45) is 5.08. The highest BCUT2D eigenvalue weighted by atomic mass is 16.5. The van der Waals surface area contributed by atoms with Crippen LogP contribution in [-0.2, 0) is 25.6 Å². The molecule has 2 aliphatic rings. The molecule has 1 saturated heterocycles. The Morgan fingerprint density at radius 1 is 1.31 bits per heavy atom. The molecule has 1 heterocycles. The van der Waals surface area contributed by atoms with E-state index < -0.39 is 0 Å². The van der Waals surface area contributed by atoms with Gasteiger partial charge in [-0.2, -0.15) is 0 Å². The molecule has 1 aromatic rings. The van der Waals surface area contributed by atoms with E-state index in [2.05, 4.69) is 10.6 Å². The van der Waals surface area contributed by atoms with Crippen LogP contribution in [0, 0.1) is 5.41 Å². The fraction of sp³-hybridized carbons (Fsp3) is 0.600. The second-order valence-electron chi connectivity index (χ2n) is 7.25. The molecule has 6 nitrogen and oxygen atoms in total. The molecule has 1 aromatic carbocycles. The van der Waals surface area contributed by atoms with Crippen LogP contribution in [0.4, 0.5) is 5.69 Å². The van der Waals surface area contributed by atoms with Crippen molar-refractivity contribution >= 4 is 17.5 Å². The fourth-order valence-electron chi connectivity index (χ4n) is 3.63. The lowest BCUT2D eigenvalue weighted by Gasteiger charge is -2.40. The number of benzene rings is 1. The maximum Gasteiger partial charge on any atom is 0.253 e. The third kappa shape index (κ3) is 4.43. The zero-order valence-electron chi connectivity index (χ0n) is 15.4. The minimum absolute atomic E-state index is 0.100. The van der Waals surface area contributed by atoms with Crippen LogP contribution in [-0.4, -0.2) is 38.2 Å². The van der Waals surface area contributed by atoms with Gasteiger partial charge >= 0.3 is 0 Å². The van der Waals surface area contributed by atoms with Crippen molar-refractivity contribution < 1.29 is 19.1 Å². The number of carbonyl (C=O) groups is 2. The van der Waals surface area contributed by atoms with Crippen LogP contribution in [0.5, 0.6) is 0 Å². The van der Waals surface area contributed by atoms with Gasteiger partial charge < -0.3 is 20.1 Å². The SMILES string of the molecule is COCCC1(C(=O)NCc2cccc(NC(=O)C3CCCO3)c2)CCC1. The fourth-order valence-corrected chi connectivity index (χ4v) is 3.63. The average molecular weight is 360 g/mol. The molecule has 1 aliphatic carbocycles. The Labute approximate surface area is 154 Å². The Morgan fingerprint density at radius 3 is 2.81 bits per heavy atom. The summed E-state index contributed by atoms with van der Waals surface area (Å²) < 4.78 is 10.6. The molecular formula is C20H28N2O4. The maximum atomic E-state index is 12.6. The van der Waals surface area contributed by atoms with Gasteiger partial charge in [0, 0.05) is 32.6 Å². The summed E-state index contributed by atoms with van der Waals surface area (Å²) >= 11 is 0. The molecule has 142 valence electrons. The number of ether oxygens (including phenoxy) is 2. The molecule has 2 fully saturated rings. The molecule has 0 spiro atoms. The minimum atomic E-state index is -0.349. The Hall–Kier alpha value is -1.92. The molecule has 1 saturated carbocycles. The van der Waals surface area contributed by atoms with Gasteiger partial charge in [0.25, 0.3) is 5.91 Å². The number of methoxy groups -OCH3 is 1. The van der Waals surface area contributed by atoms with E-state index in [4.69, 9.17) is 9.47 Å². The van der Waals surface area contributed by atoms with Gasteiger partial charge in [-0.05, 0) is 49.8 Å². The summed E-state index contributed by atoms with van der Waals surface area (Å²) in [4.78, 5) is 24.8. The van der Waals surface area contributed by atoms with Crippen molar-refractivity contribution in [1.29, 1.82) is 0 Å². The van der Waals surface area contributed by atoms with Crippen LogP contribution in [0.15, 0.2) is 24.3 Å². The molecule has 2 amide bonds. The van der Waals surface area contributed by atoms with Crippen LogP contribution < -0.4 is 10.6 Å². The molecule has 1 unspecified atom stereocenters. The van der Waals surface area contributed by atoms with E-state index in [0.29, 0.717) is 19.8 Å². The van der Waals surface area contributed by atoms with E-state index in [-0.39, 0.29) is 23.3 Å². The van der Waals surface area contributed by atoms with Crippen molar-refractivity contribution in [3.63, 3.8) is 0 Å². The molecule has 6 heteroatoms. The Bertz CT molecular complexity index is 636. The summed E-state index contributed by atoms with van der Waals surface area (Å²) in [6.45, 7) is 1.71. The highest BCUT2D eigenvalue weighted by molar-refractivity contribution is 5.94. The molecule has 3 rings (SSSR count). The van der Waals surface area contributed by atoms with Gasteiger partial charge in [-0.25, -0.2) is 0 Å². The first-order chi connectivity index (χ1) is 12.6. The van der Waals surface area contributed by atoms with E-state index in [1.807, 2.05) is 24.3 Å². The third-order valence-electron chi connectivity index (χ3n) is 5.45. The predicted molar refractivity (Wildman–Crippen MR) is 98.7 cm³/mol. The standard InChI is InChI=1S/C20H28N2O4/c1-25-12-10-20(8-4-9-20)19(24)21-14-15-5-2-6-16(13-15)22-18(23)17-7-3-11-26-17/h2,5-6,13,17H,3-4,7-12,14H2,1H3,(H,21,24)(H,22,23). The topological polar surface area (TPSA) is 76.7 Å². The first kappa shape index (κ1) is 18.9. The highest BCUT2D eigenvalue weighted by Crippen LogP contribution is 2.44. The van der Waals surface area contributed by atoms with Crippen LogP contribution in [0.1, 0.15) is 44.1 Å². The Kier molecular flexibility index (Phi) is 6.27. The molecule has 0 aromatic heterocycles. The molecule has 1 atom stereocenters. The summed E-state index contributed by atoms with van der Waals surface area (Å²) in [5, 5.41) is 5.95. The van der Waals surface area contributed by atoms with Crippen molar-refractivity contribution in [3.8, 4) is 0 Å². The van der Waals surface area contributed by atoms with Crippen LogP contribution in [0.2, 0.25) is 0 Å². The van der Waals surface area contributed by atoms with Crippen molar-refractivity contribution in [2.24, 2.45) is 5.41 Å². The molecule has 2 N–H and O–H groups in total. The molecule has 1 aliphatic heterocycles. The first-order valence-electron chi connectivity index (χ1n) is 9.42. The summed E-state index contributed by atoms with van der Waals surface area (Å²) in [7, 11) is 1.67. The van der Waals surface area contributed by atoms with Crippen LogP contribution >= 0.6 is 0 Å². The Balaban J connectivity index is 1.53. The number of hydrogen-bond acceptors (Lipinski definition) is 4. The van der Waals surface area contributed by atoms with Gasteiger partial charge in [-0.3, -0.25) is 9.59 Å². The van der Waals surface area contributed by atoms with Crippen molar-refractivity contribution in [1.82, 2.24) is 5.32 Å². The van der Waals surface area contributed by atoms with Gasteiger partial charge in [-0.1, -0.05) is 18.6 Å². The maximum absolute atomic E-state index is 12.6. The van der Waals surface area contributed by atoms with E-state index in [1.54, 1.807) is 7.11 Å². The Morgan fingerprint density at radius 2 is 2.15 bits per heavy atom. The molecule has 26 heavy (non-hydrogen) atoms. The van der Waals surface area contributed by atoms with Gasteiger partial charge in [0.05, 0.1) is 5.41 Å². The molecule has 0 radical (unpaired) electrons. The normalized spacial score (nSPS) is 21.0. The quantitative estimate of drug-likeness (QED) is 0.747. The number of carbonyl (C=O) groups excluding carboxylic acids is 2. The first-order valence-corrected chi connectivity index (χ1v) is 9.42. The molecule has 0 bridgehead atoms. The predicted octanol–water partition coefficient (Wildman–Crippen LogP) is 2.63. The minimum Gasteiger partial charge on any atom is -0.385 e. The largest absolute Gasteiger partial charge is 0.385 e. The van der Waals surface area contributed by atoms with E-state index >= 15 is 0 Å². The zero-order valence-corrected chi connectivity index (χ0v) is 15.4. The number of rotatable bonds is 8. The number of hydrogen-bond donors (Lipinski definition) is 2. The van der Waals surface area contributed by atoms with Crippen molar-refractivity contribution in [3.05, 3.63) is 29.8 Å². The average Bonchev–Trinajstić information content (AvgIpc) is 3.14. The highest BCUT2D eigenvalue weighted by Gasteiger charge is 2.43. The summed E-state index contributed by atoms with van der Waals surface area (Å²) in [5.41, 5.74) is 1.43. The van der Waals surface area contributed by atoms with Gasteiger partial charge in [0.1, 0.15) is 6.10 Å². The summed E-state index contributed by atoms with van der Waals surface area (Å²) in [6, 6.07) is 7.58. The van der Waals surface area contributed by atoms with Crippen molar-refractivity contribution in [2.45, 2.75) is 51.2 Å². The number of nitrogens with one attached hydrogen (secondary N) is 2. The lowest BCUT2D eigenvalue weighted by atomic mass is 9.66. The van der Waals surface area contributed by atoms with E-state index in [1.165, 1.54) is 0 Å². The zero-order chi connectivity index (χ0) is 18.4. The monoisotopic (exact) mass is 360 g/mol. The van der Waals surface area contributed by atoms with Crippen LogP contribution in [0.3, 0.4) is 0 Å². The van der Waals surface area contributed by atoms with Crippen LogP contribution in [0.25, 0.3) is 0 Å². The second-order valence-corrected chi connectivity index (χ2v) is 7.25. The lowest BCUT2D eigenvalue weighted by Crippen LogP contribution is -2.46. The smallest absolute Gasteiger partial charge is 0.253 e. The molecular weight excluding hydrogens is 332 g/mol. The third-order valence-corrected chi connectivity index (χ3v) is 5.45. The lowest BCUT2D eigenvalue weighted by molar-refractivity contribution is -0.137. The van der Waals surface area contributed by atoms with E-state index in [0.717, 1.165) is 49.8 Å². The van der Waals surface area contributed by atoms with Gasteiger partial charge in [0.2, 0.25) is 5.91 Å². The van der Waals surface area contributed by atoms with Gasteiger partial charge in [-0.15, -0.1) is 0 Å². The second kappa shape index (κ2) is 8.64. The number of amides is 2. The number of anilines is 1. The summed E-state index contributed by atoms with van der Waals surface area (Å²) in [5.74, 6) is 0.00580. The van der Waals surface area contributed by atoms with E-state index in [9.17, 15) is 9.59 Å². The van der Waals surface area contributed by atoms with Gasteiger partial charge in [0.15, 0.2) is 0 Å².